The van der Waals surface area contributed by atoms with Crippen molar-refractivity contribution in [2.75, 3.05) is 31.9 Å². The standard InChI is InChI=1S/C8H15N7O3S/c9-8-11-6-14(12-8)5-7(16)13-1-3-15(4-2-13)19(10,17)18/h6H,1-5H2,(H2,9,12)(H2,10,17,18). The summed E-state index contributed by atoms with van der Waals surface area (Å²) in [7, 11) is -3.68. The van der Waals surface area contributed by atoms with Crippen LogP contribution in [0.1, 0.15) is 0 Å². The zero-order valence-electron chi connectivity index (χ0n) is 10.1. The summed E-state index contributed by atoms with van der Waals surface area (Å²) in [6, 6.07) is 0. The molecule has 0 aliphatic carbocycles. The Morgan fingerprint density at radius 2 is 1.95 bits per heavy atom. The summed E-state index contributed by atoms with van der Waals surface area (Å²) in [6.07, 6.45) is 1.37. The van der Waals surface area contributed by atoms with Crippen molar-refractivity contribution in [1.29, 1.82) is 0 Å². The maximum atomic E-state index is 11.9. The summed E-state index contributed by atoms with van der Waals surface area (Å²) in [5, 5.41) is 8.83. The lowest BCUT2D eigenvalue weighted by Crippen LogP contribution is -2.52. The molecule has 2 rings (SSSR count). The first kappa shape index (κ1) is 13.7. The fraction of sp³-hybridized carbons (Fsp3) is 0.625. The van der Waals surface area contributed by atoms with Crippen LogP contribution in [0.25, 0.3) is 0 Å². The lowest BCUT2D eigenvalue weighted by molar-refractivity contribution is -0.133. The van der Waals surface area contributed by atoms with Crippen molar-refractivity contribution in [3.63, 3.8) is 0 Å². The third-order valence-corrected chi connectivity index (χ3v) is 3.89. The molecule has 19 heavy (non-hydrogen) atoms. The van der Waals surface area contributed by atoms with E-state index in [4.69, 9.17) is 10.9 Å². The van der Waals surface area contributed by atoms with Crippen LogP contribution >= 0.6 is 0 Å². The number of rotatable bonds is 3. The Bertz CT molecular complexity index is 561. The molecule has 11 heteroatoms. The molecule has 0 radical (unpaired) electrons. The molecular formula is C8H15N7O3S. The van der Waals surface area contributed by atoms with Gasteiger partial charge in [0.15, 0.2) is 0 Å². The molecule has 1 aliphatic rings. The molecule has 0 bridgehead atoms. The summed E-state index contributed by atoms with van der Waals surface area (Å²) in [5.74, 6) is -0.0641. The van der Waals surface area contributed by atoms with E-state index in [0.29, 0.717) is 13.1 Å². The van der Waals surface area contributed by atoms with Crippen molar-refractivity contribution in [1.82, 2.24) is 24.0 Å². The molecule has 1 aromatic heterocycles. The lowest BCUT2D eigenvalue weighted by atomic mass is 10.3. The number of anilines is 1. The van der Waals surface area contributed by atoms with E-state index in [2.05, 4.69) is 10.1 Å². The number of nitrogen functional groups attached to an aromatic ring is 1. The Kier molecular flexibility index (Phi) is 3.68. The van der Waals surface area contributed by atoms with E-state index in [-0.39, 0.29) is 31.5 Å². The molecule has 0 saturated carbocycles. The van der Waals surface area contributed by atoms with Gasteiger partial charge in [0.25, 0.3) is 10.2 Å². The molecule has 0 unspecified atom stereocenters. The highest BCUT2D eigenvalue weighted by Gasteiger charge is 2.26. The highest BCUT2D eigenvalue weighted by atomic mass is 32.2. The molecule has 0 spiro atoms. The molecule has 1 amide bonds. The minimum Gasteiger partial charge on any atom is -0.367 e. The fourth-order valence-electron chi connectivity index (χ4n) is 1.82. The molecule has 10 nitrogen and oxygen atoms in total. The summed E-state index contributed by atoms with van der Waals surface area (Å²) >= 11 is 0. The van der Waals surface area contributed by atoms with E-state index >= 15 is 0 Å². The molecule has 1 aliphatic heterocycles. The summed E-state index contributed by atoms with van der Waals surface area (Å²) in [6.45, 7) is 1.03. The van der Waals surface area contributed by atoms with Crippen molar-refractivity contribution >= 4 is 22.1 Å². The van der Waals surface area contributed by atoms with Crippen LogP contribution in [0.3, 0.4) is 0 Å². The second-order valence-corrected chi connectivity index (χ2v) is 5.67. The number of carbonyl (C=O) groups excluding carboxylic acids is 1. The first-order valence-electron chi connectivity index (χ1n) is 5.57. The molecular weight excluding hydrogens is 274 g/mol. The third kappa shape index (κ3) is 3.39. The molecule has 1 fully saturated rings. The predicted octanol–water partition coefficient (Wildman–Crippen LogP) is -2.79. The van der Waals surface area contributed by atoms with Crippen LogP contribution < -0.4 is 10.9 Å². The van der Waals surface area contributed by atoms with Crippen molar-refractivity contribution in [3.8, 4) is 0 Å². The number of nitrogens with zero attached hydrogens (tertiary/aromatic N) is 5. The third-order valence-electron chi connectivity index (χ3n) is 2.80. The number of carbonyl (C=O) groups is 1. The van der Waals surface area contributed by atoms with Crippen LogP contribution in [0.15, 0.2) is 6.33 Å². The zero-order valence-corrected chi connectivity index (χ0v) is 11.0. The minimum absolute atomic E-state index is 0.0274. The van der Waals surface area contributed by atoms with Crippen LogP contribution in [-0.2, 0) is 21.5 Å². The van der Waals surface area contributed by atoms with Gasteiger partial charge in [-0.1, -0.05) is 0 Å². The van der Waals surface area contributed by atoms with E-state index in [1.807, 2.05) is 0 Å². The van der Waals surface area contributed by atoms with Gasteiger partial charge >= 0.3 is 0 Å². The first-order valence-corrected chi connectivity index (χ1v) is 7.07. The number of nitrogens with two attached hydrogens (primary N) is 2. The van der Waals surface area contributed by atoms with Gasteiger partial charge in [0.05, 0.1) is 0 Å². The Hall–Kier alpha value is -1.72. The number of hydrogen-bond donors (Lipinski definition) is 2. The van der Waals surface area contributed by atoms with Crippen molar-refractivity contribution in [2.45, 2.75) is 6.54 Å². The van der Waals surface area contributed by atoms with Crippen LogP contribution in [-0.4, -0.2) is 64.5 Å². The van der Waals surface area contributed by atoms with Crippen molar-refractivity contribution in [3.05, 3.63) is 6.33 Å². The average Bonchev–Trinajstić information content (AvgIpc) is 2.74. The summed E-state index contributed by atoms with van der Waals surface area (Å²) in [4.78, 5) is 17.2. The highest BCUT2D eigenvalue weighted by molar-refractivity contribution is 7.86. The maximum absolute atomic E-state index is 11.9. The molecule has 1 aromatic rings. The zero-order chi connectivity index (χ0) is 14.0. The van der Waals surface area contributed by atoms with Crippen LogP contribution in [0.2, 0.25) is 0 Å². The topological polar surface area (TPSA) is 140 Å². The first-order chi connectivity index (χ1) is 8.86. The van der Waals surface area contributed by atoms with Gasteiger partial charge in [0, 0.05) is 26.2 Å². The number of aromatic nitrogens is 3. The Labute approximate surface area is 110 Å². The van der Waals surface area contributed by atoms with Gasteiger partial charge in [-0.2, -0.15) is 12.7 Å². The van der Waals surface area contributed by atoms with Gasteiger partial charge in [-0.05, 0) is 0 Å². The monoisotopic (exact) mass is 289 g/mol. The SMILES string of the molecule is Nc1ncn(CC(=O)N2CCN(S(N)(=O)=O)CC2)n1. The molecule has 0 atom stereocenters. The van der Waals surface area contributed by atoms with E-state index in [1.54, 1.807) is 4.90 Å². The van der Waals surface area contributed by atoms with Crippen LogP contribution in [0, 0.1) is 0 Å². The lowest BCUT2D eigenvalue weighted by Gasteiger charge is -2.32. The van der Waals surface area contributed by atoms with Gasteiger partial charge in [-0.25, -0.2) is 14.8 Å². The quantitative estimate of drug-likeness (QED) is 0.616. The molecule has 4 N–H and O–H groups in total. The largest absolute Gasteiger partial charge is 0.367 e. The normalized spacial score (nSPS) is 17.6. The van der Waals surface area contributed by atoms with Gasteiger partial charge in [0.1, 0.15) is 12.9 Å². The second kappa shape index (κ2) is 5.11. The Morgan fingerprint density at radius 3 is 2.42 bits per heavy atom. The Morgan fingerprint density at radius 1 is 1.32 bits per heavy atom. The van der Waals surface area contributed by atoms with E-state index in [1.165, 1.54) is 11.0 Å². The molecule has 0 aromatic carbocycles. The summed E-state index contributed by atoms with van der Waals surface area (Å²) in [5.41, 5.74) is 5.34. The van der Waals surface area contributed by atoms with Gasteiger partial charge in [0.2, 0.25) is 11.9 Å². The number of piperazine rings is 1. The van der Waals surface area contributed by atoms with Gasteiger partial charge in [-0.15, -0.1) is 5.10 Å². The molecule has 106 valence electrons. The Balaban J connectivity index is 1.89. The second-order valence-electron chi connectivity index (χ2n) is 4.13. The average molecular weight is 289 g/mol. The number of hydrogen-bond acceptors (Lipinski definition) is 6. The number of amides is 1. The van der Waals surface area contributed by atoms with E-state index < -0.39 is 10.2 Å². The predicted molar refractivity (Wildman–Crippen MR) is 65.7 cm³/mol. The smallest absolute Gasteiger partial charge is 0.277 e. The molecule has 1 saturated heterocycles. The molecule has 2 heterocycles. The van der Waals surface area contributed by atoms with Crippen LogP contribution in [0.5, 0.6) is 0 Å². The minimum atomic E-state index is -3.68. The summed E-state index contributed by atoms with van der Waals surface area (Å²) < 4.78 is 24.7. The van der Waals surface area contributed by atoms with Gasteiger partial charge < -0.3 is 10.6 Å². The van der Waals surface area contributed by atoms with E-state index in [0.717, 1.165) is 4.31 Å². The van der Waals surface area contributed by atoms with Crippen molar-refractivity contribution in [2.24, 2.45) is 5.14 Å². The van der Waals surface area contributed by atoms with Crippen molar-refractivity contribution < 1.29 is 13.2 Å². The maximum Gasteiger partial charge on any atom is 0.277 e. The highest BCUT2D eigenvalue weighted by Crippen LogP contribution is 2.05. The van der Waals surface area contributed by atoms with E-state index in [9.17, 15) is 13.2 Å². The van der Waals surface area contributed by atoms with Crippen LogP contribution in [0.4, 0.5) is 5.95 Å². The van der Waals surface area contributed by atoms with Gasteiger partial charge in [-0.3, -0.25) is 4.79 Å². The fourth-order valence-corrected chi connectivity index (χ4v) is 2.49.